The summed E-state index contributed by atoms with van der Waals surface area (Å²) in [5.74, 6) is -0.248. The quantitative estimate of drug-likeness (QED) is 0.861. The highest BCUT2D eigenvalue weighted by Crippen LogP contribution is 2.57. The number of halogens is 1. The van der Waals surface area contributed by atoms with Crippen LogP contribution in [0.25, 0.3) is 0 Å². The van der Waals surface area contributed by atoms with E-state index in [0.29, 0.717) is 19.5 Å². The van der Waals surface area contributed by atoms with Gasteiger partial charge in [0.2, 0.25) is 5.91 Å². The maximum atomic E-state index is 13.5. The number of fused-ring (bicyclic) bond motifs is 2. The van der Waals surface area contributed by atoms with Gasteiger partial charge >= 0.3 is 6.09 Å². The van der Waals surface area contributed by atoms with Gasteiger partial charge in [-0.15, -0.1) is 0 Å². The van der Waals surface area contributed by atoms with Crippen molar-refractivity contribution in [2.75, 3.05) is 18.0 Å². The highest BCUT2D eigenvalue weighted by atomic mass is 19.1. The molecule has 1 saturated carbocycles. The lowest BCUT2D eigenvalue weighted by molar-refractivity contribution is -0.120. The van der Waals surface area contributed by atoms with Crippen molar-refractivity contribution in [3.63, 3.8) is 0 Å². The molecule has 1 N–H and O–H groups in total. The Morgan fingerprint density at radius 2 is 2.08 bits per heavy atom. The van der Waals surface area contributed by atoms with Gasteiger partial charge in [0.25, 0.3) is 0 Å². The maximum Gasteiger partial charge on any atom is 0.407 e. The fourth-order valence-corrected chi connectivity index (χ4v) is 3.18. The van der Waals surface area contributed by atoms with Crippen molar-refractivity contribution in [1.82, 2.24) is 5.32 Å². The van der Waals surface area contributed by atoms with E-state index in [0.717, 1.165) is 24.1 Å². The van der Waals surface area contributed by atoms with Gasteiger partial charge in [-0.3, -0.25) is 4.79 Å². The summed E-state index contributed by atoms with van der Waals surface area (Å²) in [4.78, 5) is 26.0. The second kappa shape index (κ2) is 5.76. The molecule has 0 atom stereocenters. The Kier molecular flexibility index (Phi) is 4.01. The second-order valence-corrected chi connectivity index (χ2v) is 7.48. The van der Waals surface area contributed by atoms with E-state index in [4.69, 9.17) is 4.74 Å². The summed E-state index contributed by atoms with van der Waals surface area (Å²) in [6.07, 6.45) is 1.72. The van der Waals surface area contributed by atoms with Gasteiger partial charge in [0.15, 0.2) is 0 Å². The van der Waals surface area contributed by atoms with Crippen LogP contribution in [0.15, 0.2) is 18.2 Å². The molecule has 1 aromatic rings. The summed E-state index contributed by atoms with van der Waals surface area (Å²) >= 11 is 0. The van der Waals surface area contributed by atoms with Gasteiger partial charge in [-0.25, -0.2) is 9.18 Å². The fourth-order valence-electron chi connectivity index (χ4n) is 3.18. The normalized spacial score (nSPS) is 17.8. The lowest BCUT2D eigenvalue weighted by atomic mass is 9.98. The van der Waals surface area contributed by atoms with Crippen molar-refractivity contribution in [2.24, 2.45) is 0 Å². The number of carbonyl (C=O) groups excluding carboxylic acids is 2. The Labute approximate surface area is 141 Å². The Balaban J connectivity index is 1.57. The number of hydrogen-bond acceptors (Lipinski definition) is 3. The molecule has 1 aromatic carbocycles. The third-order valence-electron chi connectivity index (χ3n) is 4.40. The minimum atomic E-state index is -0.531. The molecule has 0 bridgehead atoms. The SMILES string of the molecule is CC(C)(C)OC(=O)NCCCN1C(=O)C2(CC2)c2cc(F)ccc21. The standard InChI is InChI=1S/C18H23FN2O3/c1-17(2,3)24-16(23)20-9-4-10-21-14-6-5-12(19)11-13(14)18(7-8-18)15(21)22/h5-6,11H,4,7-10H2,1-3H3,(H,20,23). The molecule has 2 aliphatic rings. The molecule has 0 unspecified atom stereocenters. The Morgan fingerprint density at radius 1 is 1.38 bits per heavy atom. The molecule has 2 amide bonds. The van der Waals surface area contributed by atoms with Crippen LogP contribution < -0.4 is 10.2 Å². The Morgan fingerprint density at radius 3 is 2.71 bits per heavy atom. The van der Waals surface area contributed by atoms with E-state index >= 15 is 0 Å². The van der Waals surface area contributed by atoms with Gasteiger partial charge in [0.05, 0.1) is 5.41 Å². The number of nitrogens with one attached hydrogen (secondary N) is 1. The van der Waals surface area contributed by atoms with E-state index < -0.39 is 17.1 Å². The molecule has 1 aliphatic heterocycles. The Bertz CT molecular complexity index is 677. The first kappa shape index (κ1) is 16.7. The van der Waals surface area contributed by atoms with Crippen molar-refractivity contribution >= 4 is 17.7 Å². The summed E-state index contributed by atoms with van der Waals surface area (Å²) in [6.45, 7) is 6.33. The number of alkyl carbamates (subject to hydrolysis) is 1. The van der Waals surface area contributed by atoms with E-state index in [-0.39, 0.29) is 11.7 Å². The van der Waals surface area contributed by atoms with Gasteiger partial charge in [0.1, 0.15) is 11.4 Å². The lowest BCUT2D eigenvalue weighted by Crippen LogP contribution is -2.36. The molecule has 1 heterocycles. The molecular formula is C18H23FN2O3. The minimum absolute atomic E-state index is 0.0559. The van der Waals surface area contributed by atoms with E-state index in [2.05, 4.69) is 5.32 Å². The first-order valence-electron chi connectivity index (χ1n) is 8.32. The van der Waals surface area contributed by atoms with Crippen LogP contribution in [0.3, 0.4) is 0 Å². The van der Waals surface area contributed by atoms with Crippen molar-refractivity contribution in [1.29, 1.82) is 0 Å². The first-order chi connectivity index (χ1) is 11.2. The fraction of sp³-hybridized carbons (Fsp3) is 0.556. The van der Waals surface area contributed by atoms with E-state index in [1.807, 2.05) is 0 Å². The molecule has 0 aromatic heterocycles. The number of amides is 2. The third-order valence-corrected chi connectivity index (χ3v) is 4.40. The average molecular weight is 334 g/mol. The zero-order valence-electron chi connectivity index (χ0n) is 14.3. The summed E-state index contributed by atoms with van der Waals surface area (Å²) in [5, 5.41) is 2.69. The Hall–Kier alpha value is -2.11. The molecule has 24 heavy (non-hydrogen) atoms. The molecule has 5 nitrogen and oxygen atoms in total. The number of anilines is 1. The van der Waals surface area contributed by atoms with Gasteiger partial charge < -0.3 is 15.0 Å². The monoisotopic (exact) mass is 334 g/mol. The minimum Gasteiger partial charge on any atom is -0.444 e. The zero-order valence-corrected chi connectivity index (χ0v) is 14.3. The second-order valence-electron chi connectivity index (χ2n) is 7.48. The predicted octanol–water partition coefficient (Wildman–Crippen LogP) is 3.12. The predicted molar refractivity (Wildman–Crippen MR) is 88.5 cm³/mol. The molecule has 1 spiro atoms. The number of carbonyl (C=O) groups is 2. The lowest BCUT2D eigenvalue weighted by Gasteiger charge is -2.21. The zero-order chi connectivity index (χ0) is 17.5. The van der Waals surface area contributed by atoms with Crippen LogP contribution >= 0.6 is 0 Å². The summed E-state index contributed by atoms with van der Waals surface area (Å²) in [5.41, 5.74) is 0.593. The van der Waals surface area contributed by atoms with E-state index in [1.165, 1.54) is 12.1 Å². The molecule has 1 aliphatic carbocycles. The molecule has 130 valence electrons. The molecule has 6 heteroatoms. The number of nitrogens with zero attached hydrogens (tertiary/aromatic N) is 1. The number of hydrogen-bond donors (Lipinski definition) is 1. The summed E-state index contributed by atoms with van der Waals surface area (Å²) in [6, 6.07) is 4.55. The maximum absolute atomic E-state index is 13.5. The largest absolute Gasteiger partial charge is 0.444 e. The highest BCUT2D eigenvalue weighted by Gasteiger charge is 2.59. The third kappa shape index (κ3) is 3.09. The van der Waals surface area contributed by atoms with Gasteiger partial charge in [-0.2, -0.15) is 0 Å². The van der Waals surface area contributed by atoms with Crippen molar-refractivity contribution in [3.8, 4) is 0 Å². The molecule has 0 radical (unpaired) electrons. The summed E-state index contributed by atoms with van der Waals surface area (Å²) < 4.78 is 18.7. The topological polar surface area (TPSA) is 58.6 Å². The van der Waals surface area contributed by atoms with Crippen molar-refractivity contribution in [3.05, 3.63) is 29.6 Å². The number of ether oxygens (including phenoxy) is 1. The molecular weight excluding hydrogens is 311 g/mol. The summed E-state index contributed by atoms with van der Waals surface area (Å²) in [7, 11) is 0. The van der Waals surface area contributed by atoms with Crippen LogP contribution in [0.2, 0.25) is 0 Å². The van der Waals surface area contributed by atoms with E-state index in [1.54, 1.807) is 31.7 Å². The average Bonchev–Trinajstić information content (AvgIpc) is 3.23. The van der Waals surface area contributed by atoms with Crippen LogP contribution in [0.5, 0.6) is 0 Å². The van der Waals surface area contributed by atoms with Gasteiger partial charge in [-0.05, 0) is 63.8 Å². The number of rotatable bonds is 4. The van der Waals surface area contributed by atoms with Crippen LogP contribution in [-0.2, 0) is 14.9 Å². The number of benzene rings is 1. The van der Waals surface area contributed by atoms with Crippen LogP contribution in [0, 0.1) is 5.82 Å². The van der Waals surface area contributed by atoms with Crippen LogP contribution in [-0.4, -0.2) is 30.7 Å². The van der Waals surface area contributed by atoms with E-state index in [9.17, 15) is 14.0 Å². The molecule has 3 rings (SSSR count). The van der Waals surface area contributed by atoms with Crippen molar-refractivity contribution < 1.29 is 18.7 Å². The van der Waals surface area contributed by atoms with Gasteiger partial charge in [-0.1, -0.05) is 0 Å². The first-order valence-corrected chi connectivity index (χ1v) is 8.32. The molecule has 0 saturated heterocycles. The smallest absolute Gasteiger partial charge is 0.407 e. The molecule has 1 fully saturated rings. The van der Waals surface area contributed by atoms with Crippen LogP contribution in [0.1, 0.15) is 45.6 Å². The van der Waals surface area contributed by atoms with Crippen molar-refractivity contribution in [2.45, 2.75) is 51.0 Å². The van der Waals surface area contributed by atoms with Gasteiger partial charge in [0, 0.05) is 18.8 Å². The highest BCUT2D eigenvalue weighted by molar-refractivity contribution is 6.10. The van der Waals surface area contributed by atoms with Crippen LogP contribution in [0.4, 0.5) is 14.9 Å².